The number of rotatable bonds is 11. The molecule has 0 spiro atoms. The number of phenolic OH excluding ortho intramolecular Hbond substituents is 1. The molecule has 1 aromatic rings. The highest BCUT2D eigenvalue weighted by Crippen LogP contribution is 2.27. The van der Waals surface area contributed by atoms with Gasteiger partial charge in [-0.15, -0.1) is 0 Å². The molecule has 3 N–H and O–H groups in total. The minimum atomic E-state index is -0.976. The van der Waals surface area contributed by atoms with Crippen molar-refractivity contribution in [2.24, 2.45) is 5.92 Å². The predicted octanol–water partition coefficient (Wildman–Crippen LogP) is 5.31. The third-order valence-corrected chi connectivity index (χ3v) is 5.23. The van der Waals surface area contributed by atoms with Crippen LogP contribution in [0.3, 0.4) is 0 Å². The Bertz CT molecular complexity index is 871. The van der Waals surface area contributed by atoms with Crippen LogP contribution in [0.5, 0.6) is 5.75 Å². The normalized spacial score (nSPS) is 13.6. The van der Waals surface area contributed by atoms with Crippen molar-refractivity contribution >= 4 is 17.9 Å². The molecule has 0 radical (unpaired) electrons. The van der Waals surface area contributed by atoms with Crippen LogP contribution in [0.15, 0.2) is 24.3 Å². The molecular weight excluding hydrogens is 458 g/mol. The first-order valence-electron chi connectivity index (χ1n) is 12.9. The Morgan fingerprint density at radius 3 is 2.19 bits per heavy atom. The molecule has 0 aliphatic carbocycles. The van der Waals surface area contributed by atoms with Gasteiger partial charge in [-0.3, -0.25) is 9.59 Å². The molecule has 36 heavy (non-hydrogen) atoms. The van der Waals surface area contributed by atoms with Gasteiger partial charge >= 0.3 is 6.09 Å². The van der Waals surface area contributed by atoms with E-state index in [0.717, 1.165) is 12.8 Å². The van der Waals surface area contributed by atoms with Crippen LogP contribution < -0.4 is 10.6 Å². The van der Waals surface area contributed by atoms with E-state index in [2.05, 4.69) is 17.6 Å². The highest BCUT2D eigenvalue weighted by atomic mass is 16.6. The number of unbranched alkanes of at least 4 members (excludes halogenated alkanes) is 2. The number of benzene rings is 1. The first-order chi connectivity index (χ1) is 16.5. The third kappa shape index (κ3) is 11.3. The van der Waals surface area contributed by atoms with Crippen LogP contribution in [0.1, 0.15) is 99.6 Å². The van der Waals surface area contributed by atoms with Crippen LogP contribution >= 0.6 is 0 Å². The maximum absolute atomic E-state index is 14.1. The average molecular weight is 506 g/mol. The van der Waals surface area contributed by atoms with Gasteiger partial charge in [0.05, 0.1) is 0 Å². The quantitative estimate of drug-likeness (QED) is 0.353. The second-order valence-electron chi connectivity index (χ2n) is 11.8. The number of ether oxygens (including phenoxy) is 1. The summed E-state index contributed by atoms with van der Waals surface area (Å²) in [6.07, 6.45) is 2.23. The van der Waals surface area contributed by atoms with Gasteiger partial charge in [-0.1, -0.05) is 45.7 Å². The average Bonchev–Trinajstić information content (AvgIpc) is 2.69. The number of alkyl carbamates (subject to hydrolysis) is 1. The van der Waals surface area contributed by atoms with Gasteiger partial charge in [0.25, 0.3) is 0 Å². The van der Waals surface area contributed by atoms with Gasteiger partial charge in [0.1, 0.15) is 23.4 Å². The smallest absolute Gasteiger partial charge is 0.408 e. The van der Waals surface area contributed by atoms with Crippen molar-refractivity contribution in [3.63, 3.8) is 0 Å². The molecular formula is C28H47N3O5. The molecule has 8 nitrogen and oxygen atoms in total. The zero-order valence-electron chi connectivity index (χ0n) is 23.6. The van der Waals surface area contributed by atoms with E-state index in [9.17, 15) is 19.5 Å². The molecule has 8 heteroatoms. The second kappa shape index (κ2) is 13.5. The summed E-state index contributed by atoms with van der Waals surface area (Å²) in [6, 6.07) is 4.56. The minimum absolute atomic E-state index is 0.00706. The van der Waals surface area contributed by atoms with Crippen LogP contribution in [-0.4, -0.2) is 51.6 Å². The van der Waals surface area contributed by atoms with E-state index in [1.54, 1.807) is 32.9 Å². The van der Waals surface area contributed by atoms with Crippen molar-refractivity contribution in [3.05, 3.63) is 29.8 Å². The maximum Gasteiger partial charge on any atom is 0.408 e. The van der Waals surface area contributed by atoms with Crippen molar-refractivity contribution in [2.75, 3.05) is 6.54 Å². The summed E-state index contributed by atoms with van der Waals surface area (Å²) in [5.41, 5.74) is -0.745. The van der Waals surface area contributed by atoms with Crippen LogP contribution in [0.4, 0.5) is 4.79 Å². The van der Waals surface area contributed by atoms with Crippen LogP contribution in [0.25, 0.3) is 0 Å². The Kier molecular flexibility index (Phi) is 11.7. The van der Waals surface area contributed by atoms with E-state index in [1.807, 2.05) is 34.6 Å². The number of aromatic hydroxyl groups is 1. The Morgan fingerprint density at radius 1 is 1.06 bits per heavy atom. The van der Waals surface area contributed by atoms with E-state index in [4.69, 9.17) is 4.74 Å². The lowest BCUT2D eigenvalue weighted by Crippen LogP contribution is -2.55. The number of carbonyl (C=O) groups excluding carboxylic acids is 3. The molecule has 0 aromatic heterocycles. The fourth-order valence-corrected chi connectivity index (χ4v) is 3.85. The Hall–Kier alpha value is -2.77. The minimum Gasteiger partial charge on any atom is -0.508 e. The monoisotopic (exact) mass is 505 g/mol. The molecule has 3 amide bonds. The standard InChI is InChI=1S/C28H47N3O5/c1-10-11-12-16-31(25(34)22(17-19(2)3)29-26(35)36-28(7,8)9)23(24(33)30-27(4,5)6)20-14-13-15-21(32)18-20/h13-15,18-19,22-23,32H,10-12,16-17H2,1-9H3,(H,29,35)(H,30,33). The largest absolute Gasteiger partial charge is 0.508 e. The lowest BCUT2D eigenvalue weighted by atomic mass is 9.97. The molecule has 0 saturated heterocycles. The summed E-state index contributed by atoms with van der Waals surface area (Å²) >= 11 is 0. The molecule has 2 atom stereocenters. The molecule has 1 aromatic carbocycles. The van der Waals surface area contributed by atoms with Crippen molar-refractivity contribution in [1.82, 2.24) is 15.5 Å². The van der Waals surface area contributed by atoms with Crippen LogP contribution in [-0.2, 0) is 14.3 Å². The Morgan fingerprint density at radius 2 is 1.69 bits per heavy atom. The number of hydrogen-bond donors (Lipinski definition) is 3. The number of phenols is 1. The zero-order chi connectivity index (χ0) is 27.7. The topological polar surface area (TPSA) is 108 Å². The summed E-state index contributed by atoms with van der Waals surface area (Å²) < 4.78 is 5.42. The molecule has 0 aliphatic rings. The molecule has 204 valence electrons. The third-order valence-electron chi connectivity index (χ3n) is 5.23. The van der Waals surface area contributed by atoms with Crippen LogP contribution in [0.2, 0.25) is 0 Å². The SMILES string of the molecule is CCCCCN(C(=O)C(CC(C)C)NC(=O)OC(C)(C)C)C(C(=O)NC(C)(C)C)c1cccc(O)c1. The number of hydrogen-bond acceptors (Lipinski definition) is 5. The van der Waals surface area contributed by atoms with Gasteiger partial charge in [0, 0.05) is 12.1 Å². The fourth-order valence-electron chi connectivity index (χ4n) is 3.85. The maximum atomic E-state index is 14.1. The second-order valence-corrected chi connectivity index (χ2v) is 11.8. The van der Waals surface area contributed by atoms with Gasteiger partial charge in [0.2, 0.25) is 11.8 Å². The van der Waals surface area contributed by atoms with E-state index in [0.29, 0.717) is 24.9 Å². The Balaban J connectivity index is 3.51. The highest BCUT2D eigenvalue weighted by molar-refractivity contribution is 5.92. The number of amides is 3. The fraction of sp³-hybridized carbons (Fsp3) is 0.679. The van der Waals surface area contributed by atoms with Gasteiger partial charge in [0.15, 0.2) is 0 Å². The predicted molar refractivity (Wildman–Crippen MR) is 143 cm³/mol. The molecule has 0 saturated carbocycles. The van der Waals surface area contributed by atoms with Crippen molar-refractivity contribution in [3.8, 4) is 5.75 Å². The summed E-state index contributed by atoms with van der Waals surface area (Å²) in [6.45, 7) is 17.2. The zero-order valence-corrected chi connectivity index (χ0v) is 23.6. The van der Waals surface area contributed by atoms with E-state index < -0.39 is 29.3 Å². The molecule has 2 unspecified atom stereocenters. The lowest BCUT2D eigenvalue weighted by molar-refractivity contribution is -0.143. The summed E-state index contributed by atoms with van der Waals surface area (Å²) in [7, 11) is 0. The molecule has 0 bridgehead atoms. The number of nitrogens with one attached hydrogen (secondary N) is 2. The van der Waals surface area contributed by atoms with Gasteiger partial charge in [-0.2, -0.15) is 0 Å². The summed E-state index contributed by atoms with van der Waals surface area (Å²) in [4.78, 5) is 41.8. The van der Waals surface area contributed by atoms with Crippen molar-refractivity contribution in [2.45, 2.75) is 111 Å². The summed E-state index contributed by atoms with van der Waals surface area (Å²) in [5, 5.41) is 15.9. The molecule has 0 heterocycles. The number of nitrogens with zero attached hydrogens (tertiary/aromatic N) is 1. The molecule has 0 fully saturated rings. The van der Waals surface area contributed by atoms with E-state index in [-0.39, 0.29) is 23.5 Å². The van der Waals surface area contributed by atoms with Crippen molar-refractivity contribution in [1.29, 1.82) is 0 Å². The van der Waals surface area contributed by atoms with E-state index >= 15 is 0 Å². The Labute approximate surface area is 217 Å². The van der Waals surface area contributed by atoms with E-state index in [1.165, 1.54) is 17.0 Å². The number of carbonyl (C=O) groups is 3. The highest BCUT2D eigenvalue weighted by Gasteiger charge is 2.37. The van der Waals surface area contributed by atoms with Crippen molar-refractivity contribution < 1.29 is 24.2 Å². The summed E-state index contributed by atoms with van der Waals surface area (Å²) in [5.74, 6) is -0.594. The van der Waals surface area contributed by atoms with Gasteiger partial charge < -0.3 is 25.4 Å². The van der Waals surface area contributed by atoms with Gasteiger partial charge in [-0.25, -0.2) is 4.79 Å². The molecule has 0 aliphatic heterocycles. The first-order valence-corrected chi connectivity index (χ1v) is 12.9. The molecule has 1 rings (SSSR count). The van der Waals surface area contributed by atoms with Gasteiger partial charge in [-0.05, 0) is 78.0 Å². The lowest BCUT2D eigenvalue weighted by Gasteiger charge is -2.36. The first kappa shape index (κ1) is 31.3. The van der Waals surface area contributed by atoms with Crippen LogP contribution in [0, 0.1) is 5.92 Å².